The molecule has 0 aliphatic heterocycles. The molecule has 0 bridgehead atoms. The van der Waals surface area contributed by atoms with E-state index >= 15 is 0 Å². The molecule has 0 atom stereocenters. The van der Waals surface area contributed by atoms with Crippen LogP contribution in [-0.2, 0) is 0 Å². The molecule has 3 heterocycles. The summed E-state index contributed by atoms with van der Waals surface area (Å²) in [6.45, 7) is 0. The van der Waals surface area contributed by atoms with E-state index in [1.807, 2.05) is 30.3 Å². The molecule has 54 heavy (non-hydrogen) atoms. The maximum atomic E-state index is 5.26. The van der Waals surface area contributed by atoms with E-state index in [4.69, 9.17) is 15.0 Å². The predicted molar refractivity (Wildman–Crippen MR) is 223 cm³/mol. The van der Waals surface area contributed by atoms with Gasteiger partial charge in [-0.3, -0.25) is 4.98 Å². The Bertz CT molecular complexity index is 2980. The first-order chi connectivity index (χ1) is 26.7. The van der Waals surface area contributed by atoms with Crippen molar-refractivity contribution in [3.8, 4) is 67.5 Å². The smallest absolute Gasteiger partial charge is 0.160 e. The van der Waals surface area contributed by atoms with Gasteiger partial charge in [-0.1, -0.05) is 146 Å². The van der Waals surface area contributed by atoms with Gasteiger partial charge in [0.2, 0.25) is 0 Å². The third kappa shape index (κ3) is 5.76. The number of fused-ring (bicyclic) bond motifs is 5. The molecular formula is C50H32N4. The Kier molecular flexibility index (Phi) is 7.77. The van der Waals surface area contributed by atoms with Crippen molar-refractivity contribution in [3.63, 3.8) is 0 Å². The van der Waals surface area contributed by atoms with Crippen LogP contribution in [-0.4, -0.2) is 19.9 Å². The summed E-state index contributed by atoms with van der Waals surface area (Å²) in [6, 6.07) is 65.6. The first-order valence-corrected chi connectivity index (χ1v) is 18.1. The summed E-state index contributed by atoms with van der Waals surface area (Å²) >= 11 is 0. The lowest BCUT2D eigenvalue weighted by molar-refractivity contribution is 1.16. The van der Waals surface area contributed by atoms with E-state index in [2.05, 4.69) is 163 Å². The molecule has 0 aliphatic carbocycles. The van der Waals surface area contributed by atoms with Gasteiger partial charge in [-0.25, -0.2) is 15.0 Å². The maximum absolute atomic E-state index is 5.26. The van der Waals surface area contributed by atoms with E-state index in [0.29, 0.717) is 5.82 Å². The third-order valence-electron chi connectivity index (χ3n) is 10.1. The Labute approximate surface area is 313 Å². The van der Waals surface area contributed by atoms with Crippen molar-refractivity contribution in [2.75, 3.05) is 0 Å². The molecule has 252 valence electrons. The predicted octanol–water partition coefficient (Wildman–Crippen LogP) is 12.7. The number of pyridine rings is 2. The molecule has 0 fully saturated rings. The first-order valence-electron chi connectivity index (χ1n) is 18.1. The number of hydrogen-bond acceptors (Lipinski definition) is 4. The molecule has 0 radical (unpaired) electrons. The van der Waals surface area contributed by atoms with E-state index < -0.39 is 0 Å². The van der Waals surface area contributed by atoms with Gasteiger partial charge >= 0.3 is 0 Å². The van der Waals surface area contributed by atoms with Crippen molar-refractivity contribution in [2.45, 2.75) is 0 Å². The molecule has 4 nitrogen and oxygen atoms in total. The molecular weight excluding hydrogens is 657 g/mol. The summed E-state index contributed by atoms with van der Waals surface area (Å²) in [5.74, 6) is 0.653. The molecule has 10 aromatic rings. The number of hydrogen-bond donors (Lipinski definition) is 0. The number of para-hydroxylation sites is 1. The number of aromatic nitrogens is 4. The van der Waals surface area contributed by atoms with Crippen LogP contribution in [0.3, 0.4) is 0 Å². The second kappa shape index (κ2) is 13.4. The molecule has 0 amide bonds. The standard InChI is InChI=1S/C50H32N4/c1-2-13-33(14-3-1)35-16-12-21-40(31-35)50-53-46(32-47(54-50)45-25-8-9-28-51-45)38-19-10-17-36(29-38)37-18-11-20-39(30-37)49-43-27-26-34-15-4-5-22-41(34)48(43)42-23-6-7-24-44(42)52-49/h1-32H. The molecule has 3 aromatic heterocycles. The van der Waals surface area contributed by atoms with Gasteiger partial charge in [0.05, 0.1) is 28.3 Å². The van der Waals surface area contributed by atoms with Gasteiger partial charge in [0.1, 0.15) is 0 Å². The third-order valence-corrected chi connectivity index (χ3v) is 10.1. The van der Waals surface area contributed by atoms with Gasteiger partial charge in [-0.05, 0) is 75.5 Å². The highest BCUT2D eigenvalue weighted by Crippen LogP contribution is 2.38. The monoisotopic (exact) mass is 688 g/mol. The quantitative estimate of drug-likeness (QED) is 0.163. The molecule has 0 saturated carbocycles. The van der Waals surface area contributed by atoms with Crippen LogP contribution >= 0.6 is 0 Å². The average molecular weight is 689 g/mol. The van der Waals surface area contributed by atoms with Gasteiger partial charge in [0.15, 0.2) is 5.82 Å². The fourth-order valence-electron chi connectivity index (χ4n) is 7.48. The minimum atomic E-state index is 0.653. The van der Waals surface area contributed by atoms with Crippen LogP contribution in [0.15, 0.2) is 194 Å². The first kappa shape index (κ1) is 31.4. The molecule has 4 heteroatoms. The summed E-state index contributed by atoms with van der Waals surface area (Å²) in [5, 5.41) is 6.00. The molecule has 0 unspecified atom stereocenters. The Morgan fingerprint density at radius 1 is 0.315 bits per heavy atom. The van der Waals surface area contributed by atoms with E-state index in [1.165, 1.54) is 16.2 Å². The lowest BCUT2D eigenvalue weighted by Crippen LogP contribution is -1.97. The highest BCUT2D eigenvalue weighted by Gasteiger charge is 2.16. The molecule has 0 spiro atoms. The zero-order chi connectivity index (χ0) is 35.8. The van der Waals surface area contributed by atoms with Crippen molar-refractivity contribution in [1.82, 2.24) is 19.9 Å². The fraction of sp³-hybridized carbons (Fsp3) is 0. The minimum absolute atomic E-state index is 0.653. The van der Waals surface area contributed by atoms with Crippen LogP contribution in [0.4, 0.5) is 0 Å². The van der Waals surface area contributed by atoms with Crippen LogP contribution in [0, 0.1) is 0 Å². The number of rotatable bonds is 6. The number of nitrogens with zero attached hydrogens (tertiary/aromatic N) is 4. The lowest BCUT2D eigenvalue weighted by Gasteiger charge is -2.14. The van der Waals surface area contributed by atoms with Crippen molar-refractivity contribution < 1.29 is 0 Å². The van der Waals surface area contributed by atoms with Gasteiger partial charge in [-0.2, -0.15) is 0 Å². The summed E-state index contributed by atoms with van der Waals surface area (Å²) in [7, 11) is 0. The Morgan fingerprint density at radius 2 is 0.926 bits per heavy atom. The van der Waals surface area contributed by atoms with Crippen molar-refractivity contribution in [2.24, 2.45) is 0 Å². The van der Waals surface area contributed by atoms with Crippen LogP contribution in [0.2, 0.25) is 0 Å². The van der Waals surface area contributed by atoms with Crippen LogP contribution in [0.25, 0.3) is 100.0 Å². The van der Waals surface area contributed by atoms with Crippen molar-refractivity contribution in [1.29, 1.82) is 0 Å². The topological polar surface area (TPSA) is 51.6 Å². The van der Waals surface area contributed by atoms with E-state index in [1.54, 1.807) is 6.20 Å². The summed E-state index contributed by atoms with van der Waals surface area (Å²) in [6.07, 6.45) is 1.80. The van der Waals surface area contributed by atoms with Crippen LogP contribution in [0.1, 0.15) is 0 Å². The van der Waals surface area contributed by atoms with Crippen molar-refractivity contribution in [3.05, 3.63) is 194 Å². The van der Waals surface area contributed by atoms with Gasteiger partial charge in [-0.15, -0.1) is 0 Å². The Balaban J connectivity index is 1.09. The average Bonchev–Trinajstić information content (AvgIpc) is 3.26. The summed E-state index contributed by atoms with van der Waals surface area (Å²) in [4.78, 5) is 20.1. The highest BCUT2D eigenvalue weighted by molar-refractivity contribution is 6.22. The van der Waals surface area contributed by atoms with Crippen LogP contribution in [0.5, 0.6) is 0 Å². The molecule has 0 aliphatic rings. The molecule has 0 N–H and O–H groups in total. The van der Waals surface area contributed by atoms with Gasteiger partial charge in [0.25, 0.3) is 0 Å². The summed E-state index contributed by atoms with van der Waals surface area (Å²) < 4.78 is 0. The van der Waals surface area contributed by atoms with E-state index in [-0.39, 0.29) is 0 Å². The largest absolute Gasteiger partial charge is 0.255 e. The Morgan fingerprint density at radius 3 is 1.74 bits per heavy atom. The SMILES string of the molecule is c1ccc(-c2cccc(-c3nc(-c4cccc(-c5cccc(-c6nc7ccccc7c7c6ccc6ccccc67)c5)c4)cc(-c4ccccn4)n3)c2)cc1. The fourth-order valence-corrected chi connectivity index (χ4v) is 7.48. The maximum Gasteiger partial charge on any atom is 0.160 e. The zero-order valence-electron chi connectivity index (χ0n) is 29.3. The highest BCUT2D eigenvalue weighted by atomic mass is 14.9. The van der Waals surface area contributed by atoms with Crippen LogP contribution < -0.4 is 0 Å². The number of benzene rings is 7. The van der Waals surface area contributed by atoms with Gasteiger partial charge < -0.3 is 0 Å². The summed E-state index contributed by atoms with van der Waals surface area (Å²) in [5.41, 5.74) is 11.8. The second-order valence-electron chi connectivity index (χ2n) is 13.5. The van der Waals surface area contributed by atoms with Gasteiger partial charge in [0, 0.05) is 39.0 Å². The molecule has 7 aromatic carbocycles. The molecule has 10 rings (SSSR count). The lowest BCUT2D eigenvalue weighted by atomic mass is 9.93. The Hall–Kier alpha value is -7.30. The second-order valence-corrected chi connectivity index (χ2v) is 13.5. The normalized spacial score (nSPS) is 11.3. The van der Waals surface area contributed by atoms with E-state index in [9.17, 15) is 0 Å². The zero-order valence-corrected chi connectivity index (χ0v) is 29.3. The van der Waals surface area contributed by atoms with Crippen molar-refractivity contribution >= 4 is 32.4 Å². The van der Waals surface area contributed by atoms with E-state index in [0.717, 1.165) is 78.0 Å². The minimum Gasteiger partial charge on any atom is -0.255 e. The molecule has 0 saturated heterocycles.